The van der Waals surface area contributed by atoms with Crippen LogP contribution >= 0.6 is 7.06 Å². The first-order chi connectivity index (χ1) is 20.8. The predicted octanol–water partition coefficient (Wildman–Crippen LogP) is 9.37. The molecular weight excluding hydrogens is 543 g/mol. The molecule has 43 heavy (non-hydrogen) atoms. The second-order valence-corrected chi connectivity index (χ2v) is 15.8. The van der Waals surface area contributed by atoms with Crippen molar-refractivity contribution >= 4 is 23.0 Å². The van der Waals surface area contributed by atoms with Crippen LogP contribution in [0.15, 0.2) is 91.0 Å². The van der Waals surface area contributed by atoms with Gasteiger partial charge in [0.1, 0.15) is 0 Å². The third-order valence-electron chi connectivity index (χ3n) is 8.88. The summed E-state index contributed by atoms with van der Waals surface area (Å²) < 4.78 is 0. The standard InChI is InChI=1S/C40H53O2P/c1-5-9-17-32-25-27-39(36(29-32)19-11-7-3)43(41,42,38-24-16-23-35(31-38)34-21-14-13-15-22-34)40-28-26-33(18-10-6-2)30-37(40)20-12-8-4/h13-16,21-31,41-42H,5-12,17-20H2,1-4H3. The fraction of sp³-hybridized carbons (Fsp3) is 0.400. The van der Waals surface area contributed by atoms with E-state index in [0.717, 1.165) is 99.3 Å². The molecule has 0 aliphatic heterocycles. The Kier molecular flexibility index (Phi) is 11.8. The van der Waals surface area contributed by atoms with E-state index in [1.54, 1.807) is 0 Å². The molecule has 0 unspecified atom stereocenters. The Hall–Kier alpha value is -2.77. The zero-order valence-electron chi connectivity index (χ0n) is 27.0. The number of benzene rings is 4. The summed E-state index contributed by atoms with van der Waals surface area (Å²) in [5.74, 6) is 0. The Morgan fingerprint density at radius 3 is 1.42 bits per heavy atom. The molecule has 4 aromatic carbocycles. The van der Waals surface area contributed by atoms with E-state index in [1.165, 1.54) is 11.1 Å². The van der Waals surface area contributed by atoms with Crippen molar-refractivity contribution < 1.29 is 9.79 Å². The zero-order chi connectivity index (χ0) is 30.7. The van der Waals surface area contributed by atoms with E-state index in [1.807, 2.05) is 36.4 Å². The molecule has 0 saturated carbocycles. The van der Waals surface area contributed by atoms with Crippen molar-refractivity contribution in [1.29, 1.82) is 0 Å². The van der Waals surface area contributed by atoms with Crippen LogP contribution in [0, 0.1) is 0 Å². The summed E-state index contributed by atoms with van der Waals surface area (Å²) >= 11 is 0. The number of aryl methyl sites for hydroxylation is 4. The Labute approximate surface area is 261 Å². The van der Waals surface area contributed by atoms with Crippen molar-refractivity contribution in [3.05, 3.63) is 113 Å². The van der Waals surface area contributed by atoms with Gasteiger partial charge in [-0.2, -0.15) is 0 Å². The van der Waals surface area contributed by atoms with Crippen molar-refractivity contribution in [3.63, 3.8) is 0 Å². The molecule has 3 heteroatoms. The Bertz CT molecular complexity index is 1390. The Morgan fingerprint density at radius 2 is 0.930 bits per heavy atom. The van der Waals surface area contributed by atoms with E-state index in [9.17, 15) is 9.79 Å². The molecular formula is C40H53O2P. The molecule has 0 radical (unpaired) electrons. The van der Waals surface area contributed by atoms with Gasteiger partial charge >= 0.3 is 262 Å². The molecule has 4 rings (SSSR count). The van der Waals surface area contributed by atoms with E-state index in [2.05, 4.69) is 82.3 Å². The summed E-state index contributed by atoms with van der Waals surface area (Å²) in [7, 11) is -4.87. The van der Waals surface area contributed by atoms with E-state index in [4.69, 9.17) is 0 Å². The summed E-state index contributed by atoms with van der Waals surface area (Å²) in [6, 6.07) is 31.3. The van der Waals surface area contributed by atoms with Gasteiger partial charge in [0.05, 0.1) is 0 Å². The number of rotatable bonds is 16. The van der Waals surface area contributed by atoms with Crippen LogP contribution in [-0.4, -0.2) is 9.79 Å². The number of unbranched alkanes of at least 4 members (excludes halogenated alkanes) is 4. The molecule has 0 amide bonds. The van der Waals surface area contributed by atoms with Crippen LogP contribution in [-0.2, 0) is 25.7 Å². The summed E-state index contributed by atoms with van der Waals surface area (Å²) in [4.78, 5) is 27.1. The quantitative estimate of drug-likeness (QED) is 0.127. The van der Waals surface area contributed by atoms with Gasteiger partial charge < -0.3 is 0 Å². The van der Waals surface area contributed by atoms with Gasteiger partial charge in [-0.05, 0) is 0 Å². The van der Waals surface area contributed by atoms with Crippen molar-refractivity contribution in [3.8, 4) is 11.1 Å². The topological polar surface area (TPSA) is 40.5 Å². The maximum absolute atomic E-state index is 13.5. The van der Waals surface area contributed by atoms with Gasteiger partial charge in [-0.15, -0.1) is 0 Å². The van der Waals surface area contributed by atoms with Gasteiger partial charge in [-0.1, -0.05) is 0 Å². The van der Waals surface area contributed by atoms with Gasteiger partial charge in [-0.25, -0.2) is 0 Å². The van der Waals surface area contributed by atoms with Crippen LogP contribution in [0.25, 0.3) is 11.1 Å². The summed E-state index contributed by atoms with van der Waals surface area (Å²) in [5, 5.41) is 2.04. The predicted molar refractivity (Wildman–Crippen MR) is 189 cm³/mol. The maximum atomic E-state index is 13.5. The molecule has 0 heterocycles. The molecule has 0 atom stereocenters. The van der Waals surface area contributed by atoms with Crippen molar-refractivity contribution in [2.45, 2.75) is 105 Å². The average Bonchev–Trinajstić information content (AvgIpc) is 3.05. The average molecular weight is 597 g/mol. The molecule has 0 aliphatic carbocycles. The van der Waals surface area contributed by atoms with Crippen molar-refractivity contribution in [1.82, 2.24) is 0 Å². The van der Waals surface area contributed by atoms with Crippen LogP contribution in [0.4, 0.5) is 0 Å². The normalized spacial score (nSPS) is 12.7. The molecule has 230 valence electrons. The molecule has 2 nitrogen and oxygen atoms in total. The Morgan fingerprint density at radius 1 is 0.465 bits per heavy atom. The van der Waals surface area contributed by atoms with Gasteiger partial charge in [-0.3, -0.25) is 0 Å². The van der Waals surface area contributed by atoms with Gasteiger partial charge in [0, 0.05) is 0 Å². The molecule has 0 aliphatic rings. The number of hydrogen-bond acceptors (Lipinski definition) is 2. The van der Waals surface area contributed by atoms with Crippen LogP contribution in [0.5, 0.6) is 0 Å². The third-order valence-corrected chi connectivity index (χ3v) is 12.8. The third kappa shape index (κ3) is 7.49. The molecule has 0 fully saturated rings. The monoisotopic (exact) mass is 596 g/mol. The summed E-state index contributed by atoms with van der Waals surface area (Å²) in [6.45, 7) is 8.86. The first-order valence-corrected chi connectivity index (χ1v) is 18.9. The molecule has 0 aromatic heterocycles. The van der Waals surface area contributed by atoms with E-state index >= 15 is 0 Å². The minimum absolute atomic E-state index is 0.616. The van der Waals surface area contributed by atoms with Crippen molar-refractivity contribution in [2.75, 3.05) is 0 Å². The zero-order valence-corrected chi connectivity index (χ0v) is 27.9. The summed E-state index contributed by atoms with van der Waals surface area (Å²) in [5.41, 5.74) is 6.81. The minimum atomic E-state index is -4.87. The molecule has 4 aromatic rings. The van der Waals surface area contributed by atoms with Crippen LogP contribution < -0.4 is 15.9 Å². The van der Waals surface area contributed by atoms with Gasteiger partial charge in [0.2, 0.25) is 0 Å². The van der Waals surface area contributed by atoms with Gasteiger partial charge in [0.15, 0.2) is 0 Å². The second kappa shape index (κ2) is 15.3. The van der Waals surface area contributed by atoms with Crippen molar-refractivity contribution in [2.24, 2.45) is 0 Å². The first-order valence-electron chi connectivity index (χ1n) is 16.8. The van der Waals surface area contributed by atoms with E-state index in [-0.39, 0.29) is 0 Å². The van der Waals surface area contributed by atoms with Crippen LogP contribution in [0.1, 0.15) is 101 Å². The fourth-order valence-electron chi connectivity index (χ4n) is 6.30. The molecule has 0 saturated heterocycles. The molecule has 0 spiro atoms. The van der Waals surface area contributed by atoms with Gasteiger partial charge in [0.25, 0.3) is 0 Å². The van der Waals surface area contributed by atoms with E-state index < -0.39 is 7.06 Å². The van der Waals surface area contributed by atoms with Crippen LogP contribution in [0.3, 0.4) is 0 Å². The first kappa shape index (κ1) is 33.1. The van der Waals surface area contributed by atoms with Crippen LogP contribution in [0.2, 0.25) is 0 Å². The summed E-state index contributed by atoms with van der Waals surface area (Å²) in [6.07, 6.45) is 12.4. The Balaban J connectivity index is 2.04. The SMILES string of the molecule is CCCCc1ccc(P(O)(O)(c2cccc(-c3ccccc3)c2)c2ccc(CCCC)cc2CCCC)c(CCCC)c1. The second-order valence-electron chi connectivity index (χ2n) is 12.3. The van der Waals surface area contributed by atoms with E-state index in [0.29, 0.717) is 15.9 Å². The molecule has 0 bridgehead atoms. The molecule has 2 N–H and O–H groups in total. The fourth-order valence-corrected chi connectivity index (χ4v) is 10.0. The number of hydrogen-bond donors (Lipinski definition) is 2.